The van der Waals surface area contributed by atoms with Gasteiger partial charge in [-0.05, 0) is 68.1 Å². The lowest BCUT2D eigenvalue weighted by Gasteiger charge is -2.19. The van der Waals surface area contributed by atoms with Gasteiger partial charge in [-0.2, -0.15) is 0 Å². The highest BCUT2D eigenvalue weighted by Gasteiger charge is 2.23. The van der Waals surface area contributed by atoms with Gasteiger partial charge in [-0.3, -0.25) is 9.78 Å². The number of fused-ring (bicyclic) bond motifs is 1. The summed E-state index contributed by atoms with van der Waals surface area (Å²) in [6, 6.07) is 14.6. The molecule has 1 atom stereocenters. The molecular formula is C23H24FN3O. The summed E-state index contributed by atoms with van der Waals surface area (Å²) in [6.45, 7) is 6.32. The molecule has 0 saturated carbocycles. The van der Waals surface area contributed by atoms with E-state index >= 15 is 0 Å². The zero-order chi connectivity index (χ0) is 19.7. The van der Waals surface area contributed by atoms with Crippen LogP contribution in [0.1, 0.15) is 28.0 Å². The lowest BCUT2D eigenvalue weighted by molar-refractivity contribution is 0.0947. The predicted molar refractivity (Wildman–Crippen MR) is 110 cm³/mol. The molecule has 4 nitrogen and oxygen atoms in total. The van der Waals surface area contributed by atoms with Gasteiger partial charge in [0.1, 0.15) is 5.82 Å². The fourth-order valence-electron chi connectivity index (χ4n) is 3.82. The quantitative estimate of drug-likeness (QED) is 0.739. The second-order valence-electron chi connectivity index (χ2n) is 7.60. The molecule has 1 saturated heterocycles. The van der Waals surface area contributed by atoms with E-state index in [9.17, 15) is 9.18 Å². The van der Waals surface area contributed by atoms with Crippen molar-refractivity contribution < 1.29 is 9.18 Å². The van der Waals surface area contributed by atoms with Crippen LogP contribution >= 0.6 is 0 Å². The number of carbonyl (C=O) groups is 1. The maximum Gasteiger partial charge on any atom is 0.253 e. The maximum absolute atomic E-state index is 13.1. The number of halogens is 1. The van der Waals surface area contributed by atoms with Crippen LogP contribution in [-0.4, -0.2) is 30.5 Å². The normalized spacial score (nSPS) is 16.5. The number of anilines is 1. The minimum Gasteiger partial charge on any atom is -0.371 e. The van der Waals surface area contributed by atoms with E-state index in [0.29, 0.717) is 18.0 Å². The van der Waals surface area contributed by atoms with Gasteiger partial charge >= 0.3 is 0 Å². The Labute approximate surface area is 164 Å². The Morgan fingerprint density at radius 3 is 2.75 bits per heavy atom. The molecule has 28 heavy (non-hydrogen) atoms. The van der Waals surface area contributed by atoms with Gasteiger partial charge in [0, 0.05) is 30.7 Å². The zero-order valence-electron chi connectivity index (χ0n) is 16.2. The molecular weight excluding hydrogens is 353 g/mol. The minimum absolute atomic E-state index is 0.0762. The molecule has 1 aromatic heterocycles. The molecule has 0 bridgehead atoms. The molecule has 0 radical (unpaired) electrons. The largest absolute Gasteiger partial charge is 0.371 e. The Balaban J connectivity index is 1.39. The summed E-state index contributed by atoms with van der Waals surface area (Å²) < 4.78 is 13.1. The van der Waals surface area contributed by atoms with Gasteiger partial charge in [-0.15, -0.1) is 0 Å². The maximum atomic E-state index is 13.1. The van der Waals surface area contributed by atoms with Crippen molar-refractivity contribution in [1.29, 1.82) is 0 Å². The number of nitrogens with zero attached hydrogens (tertiary/aromatic N) is 2. The molecule has 1 N–H and O–H groups in total. The summed E-state index contributed by atoms with van der Waals surface area (Å²) in [4.78, 5) is 19.5. The second-order valence-corrected chi connectivity index (χ2v) is 7.60. The summed E-state index contributed by atoms with van der Waals surface area (Å²) in [6.07, 6.45) is 1.01. The topological polar surface area (TPSA) is 45.2 Å². The fourth-order valence-corrected chi connectivity index (χ4v) is 3.82. The average Bonchev–Trinajstić information content (AvgIpc) is 3.15. The van der Waals surface area contributed by atoms with Crippen LogP contribution in [0.2, 0.25) is 0 Å². The van der Waals surface area contributed by atoms with Gasteiger partial charge in [0.15, 0.2) is 0 Å². The molecule has 0 aliphatic carbocycles. The number of pyridine rings is 1. The highest BCUT2D eigenvalue weighted by atomic mass is 19.1. The first-order valence-electron chi connectivity index (χ1n) is 9.66. The van der Waals surface area contributed by atoms with Crippen LogP contribution in [0.4, 0.5) is 10.1 Å². The number of hydrogen-bond donors (Lipinski definition) is 1. The summed E-state index contributed by atoms with van der Waals surface area (Å²) in [7, 11) is 0. The number of aryl methyl sites for hydroxylation is 2. The molecule has 3 aromatic rings. The first kappa shape index (κ1) is 18.4. The van der Waals surface area contributed by atoms with Gasteiger partial charge in [0.05, 0.1) is 16.8 Å². The van der Waals surface area contributed by atoms with Gasteiger partial charge in [0.2, 0.25) is 0 Å². The number of rotatable bonds is 4. The molecule has 2 heterocycles. The second kappa shape index (κ2) is 7.58. The van der Waals surface area contributed by atoms with Gasteiger partial charge in [-0.25, -0.2) is 4.39 Å². The van der Waals surface area contributed by atoms with Crippen LogP contribution in [0.3, 0.4) is 0 Å². The van der Waals surface area contributed by atoms with E-state index in [1.54, 1.807) is 0 Å². The van der Waals surface area contributed by atoms with Crippen LogP contribution in [0.5, 0.6) is 0 Å². The summed E-state index contributed by atoms with van der Waals surface area (Å²) in [5.74, 6) is 0.0827. The molecule has 4 rings (SSSR count). The molecule has 1 aliphatic heterocycles. The number of amides is 1. The molecule has 0 spiro atoms. The SMILES string of the molecule is Cc1ccc2cc(C(=O)NCC3CCN(c4ccc(F)cc4)C3)c(C)nc2c1. The van der Waals surface area contributed by atoms with Gasteiger partial charge < -0.3 is 10.2 Å². The highest BCUT2D eigenvalue weighted by molar-refractivity contribution is 5.98. The van der Waals surface area contributed by atoms with Gasteiger partial charge in [0.25, 0.3) is 5.91 Å². The predicted octanol–water partition coefficient (Wildman–Crippen LogP) is 4.25. The van der Waals surface area contributed by atoms with E-state index in [1.807, 2.05) is 50.2 Å². The van der Waals surface area contributed by atoms with Crippen molar-refractivity contribution in [2.24, 2.45) is 5.92 Å². The van der Waals surface area contributed by atoms with E-state index in [0.717, 1.165) is 47.4 Å². The lowest BCUT2D eigenvalue weighted by Crippen LogP contribution is -2.31. The molecule has 5 heteroatoms. The van der Waals surface area contributed by atoms with Crippen molar-refractivity contribution in [2.45, 2.75) is 20.3 Å². The average molecular weight is 377 g/mol. The van der Waals surface area contributed by atoms with Crippen molar-refractivity contribution in [3.63, 3.8) is 0 Å². The summed E-state index contributed by atoms with van der Waals surface area (Å²) in [5, 5.41) is 4.05. The van der Waals surface area contributed by atoms with E-state index < -0.39 is 0 Å². The molecule has 1 aliphatic rings. The highest BCUT2D eigenvalue weighted by Crippen LogP contribution is 2.24. The van der Waals surface area contributed by atoms with Crippen LogP contribution in [0, 0.1) is 25.6 Å². The Hall–Kier alpha value is -2.95. The third kappa shape index (κ3) is 3.84. The fraction of sp³-hybridized carbons (Fsp3) is 0.304. The first-order chi connectivity index (χ1) is 13.5. The molecule has 144 valence electrons. The Kier molecular flexibility index (Phi) is 4.99. The number of hydrogen-bond acceptors (Lipinski definition) is 3. The van der Waals surface area contributed by atoms with E-state index in [1.165, 1.54) is 12.1 Å². The summed E-state index contributed by atoms with van der Waals surface area (Å²) in [5.41, 5.74) is 4.48. The van der Waals surface area contributed by atoms with Crippen LogP contribution in [0.25, 0.3) is 10.9 Å². The van der Waals surface area contributed by atoms with Crippen molar-refractivity contribution >= 4 is 22.5 Å². The minimum atomic E-state index is -0.221. The Bertz CT molecular complexity index is 1020. The molecule has 1 amide bonds. The summed E-state index contributed by atoms with van der Waals surface area (Å²) >= 11 is 0. The monoisotopic (exact) mass is 377 g/mol. The molecule has 1 fully saturated rings. The third-order valence-corrected chi connectivity index (χ3v) is 5.44. The smallest absolute Gasteiger partial charge is 0.253 e. The van der Waals surface area contributed by atoms with Crippen molar-refractivity contribution in [3.8, 4) is 0 Å². The Morgan fingerprint density at radius 2 is 1.96 bits per heavy atom. The van der Waals surface area contributed by atoms with Crippen LogP contribution in [0.15, 0.2) is 48.5 Å². The lowest BCUT2D eigenvalue weighted by atomic mass is 10.1. The van der Waals surface area contributed by atoms with Gasteiger partial charge in [-0.1, -0.05) is 12.1 Å². The number of carbonyl (C=O) groups excluding carboxylic acids is 1. The van der Waals surface area contributed by atoms with Crippen LogP contribution in [-0.2, 0) is 0 Å². The molecule has 1 unspecified atom stereocenters. The first-order valence-corrected chi connectivity index (χ1v) is 9.66. The zero-order valence-corrected chi connectivity index (χ0v) is 16.2. The number of benzene rings is 2. The van der Waals surface area contributed by atoms with Crippen LogP contribution < -0.4 is 10.2 Å². The van der Waals surface area contributed by atoms with E-state index in [4.69, 9.17) is 0 Å². The van der Waals surface area contributed by atoms with E-state index in [-0.39, 0.29) is 11.7 Å². The third-order valence-electron chi connectivity index (χ3n) is 5.44. The Morgan fingerprint density at radius 1 is 1.18 bits per heavy atom. The van der Waals surface area contributed by atoms with Crippen molar-refractivity contribution in [3.05, 3.63) is 71.2 Å². The number of nitrogens with one attached hydrogen (secondary N) is 1. The van der Waals surface area contributed by atoms with Crippen molar-refractivity contribution in [2.75, 3.05) is 24.5 Å². The molecule has 2 aromatic carbocycles. The standard InChI is InChI=1S/C23H24FN3O/c1-15-3-4-18-12-21(16(2)26-22(18)11-15)23(28)25-13-17-9-10-27(14-17)20-7-5-19(24)6-8-20/h3-8,11-12,17H,9-10,13-14H2,1-2H3,(H,25,28). The van der Waals surface area contributed by atoms with E-state index in [2.05, 4.69) is 15.2 Å². The number of aromatic nitrogens is 1. The van der Waals surface area contributed by atoms with Crippen molar-refractivity contribution in [1.82, 2.24) is 10.3 Å².